The topological polar surface area (TPSA) is 12.5 Å². The van der Waals surface area contributed by atoms with Gasteiger partial charge in [0.15, 0.2) is 0 Å². The summed E-state index contributed by atoms with van der Waals surface area (Å²) in [4.78, 5) is 2.54. The summed E-state index contributed by atoms with van der Waals surface area (Å²) in [6.07, 6.45) is 14.4. The van der Waals surface area contributed by atoms with Crippen molar-refractivity contribution in [3.05, 3.63) is 0 Å². The van der Waals surface area contributed by atoms with E-state index >= 15 is 0 Å². The van der Waals surface area contributed by atoms with Gasteiger partial charge in [0.2, 0.25) is 0 Å². The smallest absolute Gasteiger partial charge is 0.0594 e. The van der Waals surface area contributed by atoms with Crippen LogP contribution in [0.4, 0.5) is 0 Å². The molecule has 0 amide bonds. The summed E-state index contributed by atoms with van der Waals surface area (Å²) in [6.45, 7) is 7.69. The van der Waals surface area contributed by atoms with Gasteiger partial charge in [-0.2, -0.15) is 11.8 Å². The summed E-state index contributed by atoms with van der Waals surface area (Å²) in [7, 11) is 0. The average Bonchev–Trinajstić information content (AvgIpc) is 2.53. The molecule has 1 fully saturated rings. The highest BCUT2D eigenvalue weighted by atomic mass is 32.2. The van der Waals surface area contributed by atoms with Gasteiger partial charge in [0.05, 0.1) is 13.2 Å². The molecule has 0 atom stereocenters. The lowest BCUT2D eigenvalue weighted by Crippen LogP contribution is -2.37. The molecule has 0 spiro atoms. The normalized spacial score (nSPS) is 16.4. The minimum atomic E-state index is 0.934. The number of morpholine rings is 1. The summed E-state index contributed by atoms with van der Waals surface area (Å²) < 4.78 is 5.37. The fraction of sp³-hybridized carbons (Fsp3) is 1.00. The lowest BCUT2D eigenvalue weighted by molar-refractivity contribution is 0.0410. The van der Waals surface area contributed by atoms with Gasteiger partial charge < -0.3 is 4.74 Å². The minimum Gasteiger partial charge on any atom is -0.379 e. The number of nitrogens with zero attached hydrogens (tertiary/aromatic N) is 1. The van der Waals surface area contributed by atoms with Crippen molar-refractivity contribution in [3.8, 4) is 0 Å². The Morgan fingerprint density at radius 2 is 1.33 bits per heavy atom. The van der Waals surface area contributed by atoms with E-state index in [2.05, 4.69) is 23.6 Å². The van der Waals surface area contributed by atoms with Crippen molar-refractivity contribution < 1.29 is 4.74 Å². The molecule has 0 radical (unpaired) electrons. The highest BCUT2D eigenvalue weighted by Gasteiger charge is 2.08. The van der Waals surface area contributed by atoms with Crippen LogP contribution in [0, 0.1) is 0 Å². The van der Waals surface area contributed by atoms with Crippen LogP contribution in [-0.4, -0.2) is 49.3 Å². The van der Waals surface area contributed by atoms with E-state index in [1.54, 1.807) is 0 Å². The van der Waals surface area contributed by atoms with Crippen LogP contribution in [0.15, 0.2) is 0 Å². The molecule has 1 aliphatic rings. The predicted molar refractivity (Wildman–Crippen MR) is 96.4 cm³/mol. The van der Waals surface area contributed by atoms with Gasteiger partial charge in [-0.3, -0.25) is 4.90 Å². The van der Waals surface area contributed by atoms with Crippen LogP contribution in [0.1, 0.15) is 71.1 Å². The Bertz CT molecular complexity index is 207. The Kier molecular flexibility index (Phi) is 14.0. The highest BCUT2D eigenvalue weighted by molar-refractivity contribution is 7.99. The first-order valence-electron chi connectivity index (χ1n) is 9.31. The molecule has 2 nitrogen and oxygen atoms in total. The number of hydrogen-bond donors (Lipinski definition) is 0. The van der Waals surface area contributed by atoms with Gasteiger partial charge in [-0.05, 0) is 12.2 Å². The maximum absolute atomic E-state index is 5.37. The van der Waals surface area contributed by atoms with Gasteiger partial charge in [-0.15, -0.1) is 0 Å². The monoisotopic (exact) mass is 315 g/mol. The molecule has 0 aromatic carbocycles. The zero-order valence-electron chi connectivity index (χ0n) is 14.3. The second-order valence-corrected chi connectivity index (χ2v) is 7.47. The molecule has 21 heavy (non-hydrogen) atoms. The summed E-state index contributed by atoms with van der Waals surface area (Å²) >= 11 is 2.14. The van der Waals surface area contributed by atoms with Crippen LogP contribution in [0.2, 0.25) is 0 Å². The lowest BCUT2D eigenvalue weighted by Gasteiger charge is -2.26. The van der Waals surface area contributed by atoms with Crippen LogP contribution < -0.4 is 0 Å². The van der Waals surface area contributed by atoms with E-state index in [0.717, 1.165) is 26.3 Å². The Hall–Kier alpha value is 0.270. The third-order valence-corrected chi connectivity index (χ3v) is 5.35. The van der Waals surface area contributed by atoms with Crippen molar-refractivity contribution in [3.63, 3.8) is 0 Å². The predicted octanol–water partition coefficient (Wildman–Crippen LogP) is 4.97. The van der Waals surface area contributed by atoms with Crippen LogP contribution >= 0.6 is 11.8 Å². The van der Waals surface area contributed by atoms with Gasteiger partial charge >= 0.3 is 0 Å². The van der Waals surface area contributed by atoms with E-state index in [1.165, 1.54) is 82.3 Å². The van der Waals surface area contributed by atoms with E-state index in [9.17, 15) is 0 Å². The van der Waals surface area contributed by atoms with Gasteiger partial charge in [0, 0.05) is 25.4 Å². The molecule has 0 N–H and O–H groups in total. The van der Waals surface area contributed by atoms with Crippen molar-refractivity contribution in [2.24, 2.45) is 0 Å². The van der Waals surface area contributed by atoms with E-state index in [0.29, 0.717) is 0 Å². The summed E-state index contributed by atoms with van der Waals surface area (Å²) in [5.41, 5.74) is 0. The first kappa shape index (κ1) is 19.3. The number of thioether (sulfide) groups is 1. The van der Waals surface area contributed by atoms with Gasteiger partial charge in [0.1, 0.15) is 0 Å². The van der Waals surface area contributed by atoms with Gasteiger partial charge in [-0.1, -0.05) is 64.7 Å². The minimum absolute atomic E-state index is 0.934. The number of hydrogen-bond acceptors (Lipinski definition) is 3. The Morgan fingerprint density at radius 1 is 0.762 bits per heavy atom. The second-order valence-electron chi connectivity index (χ2n) is 6.25. The van der Waals surface area contributed by atoms with Crippen LogP contribution in [0.3, 0.4) is 0 Å². The SMILES string of the molecule is CCCCCCCCCCCCSCCN1CCOCC1. The molecule has 0 bridgehead atoms. The van der Waals surface area contributed by atoms with Crippen molar-refractivity contribution in [2.45, 2.75) is 71.1 Å². The Morgan fingerprint density at radius 3 is 1.95 bits per heavy atom. The summed E-state index contributed by atoms with van der Waals surface area (Å²) in [6, 6.07) is 0. The number of unbranched alkanes of at least 4 members (excludes halogenated alkanes) is 9. The molecular weight excluding hydrogens is 278 g/mol. The van der Waals surface area contributed by atoms with Crippen LogP contribution in [0.25, 0.3) is 0 Å². The zero-order valence-corrected chi connectivity index (χ0v) is 15.1. The first-order valence-corrected chi connectivity index (χ1v) is 10.5. The zero-order chi connectivity index (χ0) is 15.0. The molecule has 0 saturated carbocycles. The van der Waals surface area contributed by atoms with Gasteiger partial charge in [-0.25, -0.2) is 0 Å². The molecule has 126 valence electrons. The second kappa shape index (κ2) is 15.2. The van der Waals surface area contributed by atoms with E-state index in [-0.39, 0.29) is 0 Å². The van der Waals surface area contributed by atoms with Crippen molar-refractivity contribution in [2.75, 3.05) is 44.4 Å². The molecular formula is C18H37NOS. The van der Waals surface area contributed by atoms with Crippen molar-refractivity contribution >= 4 is 11.8 Å². The fourth-order valence-electron chi connectivity index (χ4n) is 2.81. The molecule has 0 aromatic heterocycles. The molecule has 3 heteroatoms. The quantitative estimate of drug-likeness (QED) is 0.420. The summed E-state index contributed by atoms with van der Waals surface area (Å²) in [5, 5.41) is 0. The third kappa shape index (κ3) is 12.5. The molecule has 1 rings (SSSR count). The molecule has 0 aromatic rings. The van der Waals surface area contributed by atoms with E-state index in [1.807, 2.05) is 0 Å². The largest absolute Gasteiger partial charge is 0.379 e. The van der Waals surface area contributed by atoms with E-state index in [4.69, 9.17) is 4.74 Å². The first-order chi connectivity index (χ1) is 10.4. The standard InChI is InChI=1S/C18H37NOS/c1-2-3-4-5-6-7-8-9-10-11-17-21-18-14-19-12-15-20-16-13-19/h2-18H2,1H3. The van der Waals surface area contributed by atoms with Crippen molar-refractivity contribution in [1.82, 2.24) is 4.90 Å². The summed E-state index contributed by atoms with van der Waals surface area (Å²) in [5.74, 6) is 2.66. The average molecular weight is 316 g/mol. The van der Waals surface area contributed by atoms with Gasteiger partial charge in [0.25, 0.3) is 0 Å². The van der Waals surface area contributed by atoms with Crippen molar-refractivity contribution in [1.29, 1.82) is 0 Å². The fourth-order valence-corrected chi connectivity index (χ4v) is 3.81. The lowest BCUT2D eigenvalue weighted by atomic mass is 10.1. The maximum Gasteiger partial charge on any atom is 0.0594 e. The maximum atomic E-state index is 5.37. The molecule has 0 aliphatic carbocycles. The molecule has 1 saturated heterocycles. The molecule has 0 unspecified atom stereocenters. The Labute approximate surface area is 137 Å². The van der Waals surface area contributed by atoms with Crippen LogP contribution in [-0.2, 0) is 4.74 Å². The number of ether oxygens (including phenoxy) is 1. The Balaban J connectivity index is 1.69. The highest BCUT2D eigenvalue weighted by Crippen LogP contribution is 2.12. The van der Waals surface area contributed by atoms with E-state index < -0.39 is 0 Å². The van der Waals surface area contributed by atoms with Crippen LogP contribution in [0.5, 0.6) is 0 Å². The number of rotatable bonds is 14. The molecule has 1 heterocycles. The third-order valence-electron chi connectivity index (χ3n) is 4.30. The molecule has 1 aliphatic heterocycles.